The number of nitrogens with zero attached hydrogens (tertiary/aromatic N) is 1. The maximum absolute atomic E-state index is 12.1. The number of nitrogens with one attached hydrogen (secondary N) is 1. The highest BCUT2D eigenvalue weighted by Crippen LogP contribution is 2.39. The summed E-state index contributed by atoms with van der Waals surface area (Å²) in [4.78, 5) is 34.6. The molecule has 1 aliphatic rings. The summed E-state index contributed by atoms with van der Waals surface area (Å²) in [5.41, 5.74) is 0.354. The van der Waals surface area contributed by atoms with E-state index in [4.69, 9.17) is 14.2 Å². The van der Waals surface area contributed by atoms with Crippen LogP contribution < -0.4 is 14.8 Å². The first-order chi connectivity index (χ1) is 14.4. The summed E-state index contributed by atoms with van der Waals surface area (Å²) in [7, 11) is 0. The van der Waals surface area contributed by atoms with Crippen LogP contribution >= 0.6 is 15.9 Å². The van der Waals surface area contributed by atoms with E-state index >= 15 is 0 Å². The zero-order valence-corrected chi connectivity index (χ0v) is 17.2. The predicted molar refractivity (Wildman–Crippen MR) is 111 cm³/mol. The second-order valence-corrected chi connectivity index (χ2v) is 7.08. The third-order valence-electron chi connectivity index (χ3n) is 3.96. The number of carbonyl (C=O) groups excluding carboxylic acids is 2. The largest absolute Gasteiger partial charge is 0.489 e. The molecule has 9 nitrogen and oxygen atoms in total. The number of fused-ring (bicyclic) bond motifs is 1. The first-order valence-corrected chi connectivity index (χ1v) is 9.70. The third kappa shape index (κ3) is 5.80. The lowest BCUT2D eigenvalue weighted by Gasteiger charge is -2.11. The van der Waals surface area contributed by atoms with Crippen LogP contribution in [0.3, 0.4) is 0 Å². The van der Waals surface area contributed by atoms with Crippen molar-refractivity contribution in [3.63, 3.8) is 0 Å². The number of hydrogen-bond acceptors (Lipinski definition) is 7. The van der Waals surface area contributed by atoms with Gasteiger partial charge < -0.3 is 19.5 Å². The minimum atomic E-state index is -0.724. The summed E-state index contributed by atoms with van der Waals surface area (Å²) in [6.45, 7) is 0.162. The molecule has 0 saturated carbocycles. The van der Waals surface area contributed by atoms with Crippen molar-refractivity contribution in [2.45, 2.75) is 6.42 Å². The molecule has 1 heterocycles. The van der Waals surface area contributed by atoms with Crippen LogP contribution in [0.15, 0.2) is 46.9 Å². The third-order valence-corrected chi connectivity index (χ3v) is 4.49. The molecule has 0 fully saturated rings. The summed E-state index contributed by atoms with van der Waals surface area (Å²) in [5, 5.41) is 13.7. The molecule has 1 aliphatic heterocycles. The highest BCUT2D eigenvalue weighted by Gasteiger charge is 2.23. The van der Waals surface area contributed by atoms with Crippen LogP contribution in [-0.2, 0) is 14.3 Å². The molecular formula is C20H17BrN2O7. The Hall–Kier alpha value is -3.40. The minimum absolute atomic E-state index is 0.0734. The number of esters is 1. The molecule has 1 N–H and O–H groups in total. The molecule has 0 atom stereocenters. The Kier molecular flexibility index (Phi) is 7.02. The Morgan fingerprint density at radius 1 is 1.17 bits per heavy atom. The molecule has 30 heavy (non-hydrogen) atoms. The highest BCUT2D eigenvalue weighted by molar-refractivity contribution is 9.10. The molecule has 3 rings (SSSR count). The normalized spacial score (nSPS) is 12.8. The van der Waals surface area contributed by atoms with Gasteiger partial charge in [-0.3, -0.25) is 14.9 Å². The van der Waals surface area contributed by atoms with Crippen molar-refractivity contribution >= 4 is 45.3 Å². The summed E-state index contributed by atoms with van der Waals surface area (Å²) in [6.07, 6.45) is 3.36. The number of anilines is 1. The molecule has 0 bridgehead atoms. The van der Waals surface area contributed by atoms with Crippen LogP contribution in [0.4, 0.5) is 11.4 Å². The predicted octanol–water partition coefficient (Wildman–Crippen LogP) is 3.71. The summed E-state index contributed by atoms with van der Waals surface area (Å²) >= 11 is 3.31. The quantitative estimate of drug-likeness (QED) is 0.292. The molecule has 0 spiro atoms. The van der Waals surface area contributed by atoms with E-state index in [1.165, 1.54) is 18.2 Å². The lowest BCUT2D eigenvalue weighted by molar-refractivity contribution is -0.384. The standard InChI is InChI=1S/C20H17BrN2O7/c21-14-5-2-13(3-6-14)4-7-20(25)30-12-19(24)22-15-10-17-18(11-16(15)23(26)27)29-9-1-8-28-17/h2-7,10-11H,1,8-9,12H2,(H,22,24)/b7-4+. The fourth-order valence-electron chi connectivity index (χ4n) is 2.56. The topological polar surface area (TPSA) is 117 Å². The molecular weight excluding hydrogens is 460 g/mol. The van der Waals surface area contributed by atoms with Crippen molar-refractivity contribution in [2.75, 3.05) is 25.1 Å². The molecule has 0 aliphatic carbocycles. The fourth-order valence-corrected chi connectivity index (χ4v) is 2.82. The van der Waals surface area contributed by atoms with E-state index in [1.807, 2.05) is 12.1 Å². The van der Waals surface area contributed by atoms with Gasteiger partial charge in [0.15, 0.2) is 18.1 Å². The molecule has 2 aromatic rings. The second-order valence-electron chi connectivity index (χ2n) is 6.16. The number of halogens is 1. The van der Waals surface area contributed by atoms with Crippen molar-refractivity contribution in [1.29, 1.82) is 0 Å². The van der Waals surface area contributed by atoms with Crippen LogP contribution in [0.1, 0.15) is 12.0 Å². The maximum Gasteiger partial charge on any atom is 0.331 e. The average molecular weight is 477 g/mol. The lowest BCUT2D eigenvalue weighted by atomic mass is 10.2. The Morgan fingerprint density at radius 3 is 2.50 bits per heavy atom. The van der Waals surface area contributed by atoms with Gasteiger partial charge in [-0.05, 0) is 23.8 Å². The first-order valence-electron chi connectivity index (χ1n) is 8.90. The van der Waals surface area contributed by atoms with Crippen molar-refractivity contribution < 1.29 is 28.7 Å². The maximum atomic E-state index is 12.1. The summed E-state index contributed by atoms with van der Waals surface area (Å²) in [5.74, 6) is -0.913. The number of nitro benzene ring substituents is 1. The smallest absolute Gasteiger partial charge is 0.331 e. The van der Waals surface area contributed by atoms with Crippen molar-refractivity contribution in [1.82, 2.24) is 0 Å². The van der Waals surface area contributed by atoms with E-state index in [0.717, 1.165) is 10.0 Å². The van der Waals surface area contributed by atoms with Gasteiger partial charge >= 0.3 is 5.97 Å². The number of benzene rings is 2. The van der Waals surface area contributed by atoms with Crippen LogP contribution in [-0.4, -0.2) is 36.6 Å². The lowest BCUT2D eigenvalue weighted by Crippen LogP contribution is -2.20. The monoisotopic (exact) mass is 476 g/mol. The molecule has 0 aromatic heterocycles. The van der Waals surface area contributed by atoms with Gasteiger partial charge in [0, 0.05) is 23.0 Å². The zero-order chi connectivity index (χ0) is 21.5. The van der Waals surface area contributed by atoms with Crippen LogP contribution in [0, 0.1) is 10.1 Å². The van der Waals surface area contributed by atoms with Crippen molar-refractivity contribution in [3.05, 3.63) is 62.6 Å². The Morgan fingerprint density at radius 2 is 1.83 bits per heavy atom. The molecule has 0 unspecified atom stereocenters. The van der Waals surface area contributed by atoms with Gasteiger partial charge in [-0.25, -0.2) is 4.79 Å². The number of hydrogen-bond donors (Lipinski definition) is 1. The Balaban J connectivity index is 1.61. The first kappa shape index (κ1) is 21.3. The van der Waals surface area contributed by atoms with Gasteiger partial charge in [-0.2, -0.15) is 0 Å². The van der Waals surface area contributed by atoms with E-state index in [0.29, 0.717) is 25.4 Å². The Labute approximate surface area is 179 Å². The number of ether oxygens (including phenoxy) is 3. The van der Waals surface area contributed by atoms with Crippen LogP contribution in [0.25, 0.3) is 6.08 Å². The van der Waals surface area contributed by atoms with E-state index in [1.54, 1.807) is 18.2 Å². The van der Waals surface area contributed by atoms with Crippen molar-refractivity contribution in [3.8, 4) is 11.5 Å². The Bertz CT molecular complexity index is 989. The molecule has 2 aromatic carbocycles. The molecule has 156 valence electrons. The van der Waals surface area contributed by atoms with Gasteiger partial charge in [-0.1, -0.05) is 28.1 Å². The number of carbonyl (C=O) groups is 2. The molecule has 0 saturated heterocycles. The van der Waals surface area contributed by atoms with E-state index in [-0.39, 0.29) is 17.1 Å². The van der Waals surface area contributed by atoms with Crippen LogP contribution in [0.2, 0.25) is 0 Å². The summed E-state index contributed by atoms with van der Waals surface area (Å²) < 4.78 is 16.7. The SMILES string of the molecule is O=C(COC(=O)/C=C/c1ccc(Br)cc1)Nc1cc2c(cc1[N+](=O)[O-])OCCCO2. The van der Waals surface area contributed by atoms with Gasteiger partial charge in [0.2, 0.25) is 0 Å². The minimum Gasteiger partial charge on any atom is -0.489 e. The summed E-state index contributed by atoms with van der Waals surface area (Å²) in [6, 6.07) is 9.75. The fraction of sp³-hybridized carbons (Fsp3) is 0.200. The zero-order valence-electron chi connectivity index (χ0n) is 15.6. The molecule has 0 radical (unpaired) electrons. The number of nitro groups is 1. The molecule has 10 heteroatoms. The highest BCUT2D eigenvalue weighted by atomic mass is 79.9. The van der Waals surface area contributed by atoms with Gasteiger partial charge in [0.1, 0.15) is 5.69 Å². The van der Waals surface area contributed by atoms with Crippen molar-refractivity contribution in [2.24, 2.45) is 0 Å². The van der Waals surface area contributed by atoms with E-state index < -0.39 is 23.4 Å². The van der Waals surface area contributed by atoms with E-state index in [2.05, 4.69) is 21.2 Å². The van der Waals surface area contributed by atoms with Gasteiger partial charge in [-0.15, -0.1) is 0 Å². The van der Waals surface area contributed by atoms with Gasteiger partial charge in [0.05, 0.1) is 24.2 Å². The molecule has 1 amide bonds. The van der Waals surface area contributed by atoms with Crippen LogP contribution in [0.5, 0.6) is 11.5 Å². The second kappa shape index (κ2) is 9.88. The van der Waals surface area contributed by atoms with Gasteiger partial charge in [0.25, 0.3) is 11.6 Å². The average Bonchev–Trinajstić information content (AvgIpc) is 2.96. The van der Waals surface area contributed by atoms with E-state index in [9.17, 15) is 19.7 Å². The number of rotatable bonds is 6. The number of amides is 1.